The molecule has 1 aromatic rings. The minimum Gasteiger partial charge on any atom is -0.354 e. The van der Waals surface area contributed by atoms with E-state index in [1.54, 1.807) is 18.3 Å². The minimum atomic E-state index is 0.100. The van der Waals surface area contributed by atoms with Crippen LogP contribution < -0.4 is 5.32 Å². The Morgan fingerprint density at radius 1 is 1.16 bits per heavy atom. The number of amides is 1. The molecule has 1 aromatic heterocycles. The van der Waals surface area contributed by atoms with Gasteiger partial charge in [-0.15, -0.1) is 11.3 Å². The van der Waals surface area contributed by atoms with E-state index in [-0.39, 0.29) is 11.8 Å². The summed E-state index contributed by atoms with van der Waals surface area (Å²) in [6, 6.07) is 4.32. The van der Waals surface area contributed by atoms with Crippen molar-refractivity contribution in [1.82, 2.24) is 10.2 Å². The van der Waals surface area contributed by atoms with Gasteiger partial charge in [0.05, 0.1) is 4.88 Å². The van der Waals surface area contributed by atoms with Crippen LogP contribution in [0.2, 0.25) is 0 Å². The molecule has 3 rings (SSSR count). The number of carbonyl (C=O) groups is 2. The Morgan fingerprint density at radius 2 is 1.88 bits per heavy atom. The summed E-state index contributed by atoms with van der Waals surface area (Å²) in [5, 5.41) is 5.04. The monoisotopic (exact) mass is 362 g/mol. The van der Waals surface area contributed by atoms with Gasteiger partial charge >= 0.3 is 0 Å². The number of carbonyl (C=O) groups excluding carboxylic acids is 2. The minimum absolute atomic E-state index is 0.100. The zero-order chi connectivity index (χ0) is 17.6. The predicted molar refractivity (Wildman–Crippen MR) is 102 cm³/mol. The summed E-state index contributed by atoms with van der Waals surface area (Å²) in [6.07, 6.45) is 7.99. The molecule has 1 amide bonds. The molecule has 1 saturated carbocycles. The molecular weight excluding hydrogens is 332 g/mol. The van der Waals surface area contributed by atoms with Gasteiger partial charge < -0.3 is 10.2 Å². The normalized spacial score (nSPS) is 25.6. The molecule has 1 aliphatic heterocycles. The lowest BCUT2D eigenvalue weighted by Gasteiger charge is -2.34. The van der Waals surface area contributed by atoms with Gasteiger partial charge in [0, 0.05) is 18.9 Å². The van der Waals surface area contributed by atoms with Crippen molar-refractivity contribution in [1.29, 1.82) is 0 Å². The van der Waals surface area contributed by atoms with Crippen LogP contribution in [0.15, 0.2) is 17.5 Å². The van der Waals surface area contributed by atoms with Gasteiger partial charge in [0.15, 0.2) is 5.78 Å². The fraction of sp³-hybridized carbons (Fsp3) is 0.700. The van der Waals surface area contributed by atoms with Crippen molar-refractivity contribution in [3.8, 4) is 0 Å². The summed E-state index contributed by atoms with van der Waals surface area (Å²) >= 11 is 1.57. The quantitative estimate of drug-likeness (QED) is 0.785. The van der Waals surface area contributed by atoms with E-state index in [1.807, 2.05) is 17.5 Å². The van der Waals surface area contributed by atoms with Gasteiger partial charge in [-0.05, 0) is 81.9 Å². The second-order valence-corrected chi connectivity index (χ2v) is 8.61. The molecule has 2 fully saturated rings. The number of rotatable bonds is 6. The highest BCUT2D eigenvalue weighted by Crippen LogP contribution is 2.28. The van der Waals surface area contributed by atoms with Gasteiger partial charge in [-0.3, -0.25) is 9.59 Å². The Hall–Kier alpha value is -1.20. The van der Waals surface area contributed by atoms with Crippen molar-refractivity contribution < 1.29 is 9.59 Å². The first-order valence-corrected chi connectivity index (χ1v) is 10.6. The van der Waals surface area contributed by atoms with E-state index in [9.17, 15) is 9.59 Å². The van der Waals surface area contributed by atoms with Gasteiger partial charge in [-0.2, -0.15) is 0 Å². The maximum Gasteiger partial charge on any atom is 0.217 e. The molecule has 138 valence electrons. The summed E-state index contributed by atoms with van der Waals surface area (Å²) in [5.41, 5.74) is 0. The molecule has 2 heterocycles. The topological polar surface area (TPSA) is 49.4 Å². The highest BCUT2D eigenvalue weighted by molar-refractivity contribution is 7.12. The summed E-state index contributed by atoms with van der Waals surface area (Å²) in [5.74, 6) is 1.48. The molecule has 0 aromatic carbocycles. The average molecular weight is 363 g/mol. The zero-order valence-corrected chi connectivity index (χ0v) is 16.0. The third-order valence-corrected chi connectivity index (χ3v) is 6.71. The lowest BCUT2D eigenvalue weighted by Crippen LogP contribution is -2.39. The van der Waals surface area contributed by atoms with Gasteiger partial charge in [0.1, 0.15) is 0 Å². The Labute approximate surface area is 155 Å². The molecule has 4 nitrogen and oxygen atoms in total. The van der Waals surface area contributed by atoms with Crippen molar-refractivity contribution in [3.63, 3.8) is 0 Å². The summed E-state index contributed by atoms with van der Waals surface area (Å²) in [6.45, 7) is 4.89. The lowest BCUT2D eigenvalue weighted by atomic mass is 9.83. The van der Waals surface area contributed by atoms with Gasteiger partial charge in [0.2, 0.25) is 5.91 Å². The first-order valence-electron chi connectivity index (χ1n) is 9.69. The maximum absolute atomic E-state index is 12.4. The molecule has 0 atom stereocenters. The number of ketones is 1. The molecule has 25 heavy (non-hydrogen) atoms. The first-order chi connectivity index (χ1) is 12.1. The van der Waals surface area contributed by atoms with E-state index < -0.39 is 0 Å². The van der Waals surface area contributed by atoms with Crippen LogP contribution in [0.5, 0.6) is 0 Å². The van der Waals surface area contributed by atoms with Crippen LogP contribution in [0, 0.1) is 11.8 Å². The van der Waals surface area contributed by atoms with E-state index in [1.165, 1.54) is 19.3 Å². The fourth-order valence-electron chi connectivity index (χ4n) is 4.29. The maximum atomic E-state index is 12.4. The molecule has 5 heteroatoms. The Morgan fingerprint density at radius 3 is 2.48 bits per heavy atom. The third-order valence-electron chi connectivity index (χ3n) is 5.83. The van der Waals surface area contributed by atoms with Gasteiger partial charge in [-0.25, -0.2) is 0 Å². The number of piperidine rings is 1. The number of nitrogens with one attached hydrogen (secondary N) is 1. The Balaban J connectivity index is 1.33. The lowest BCUT2D eigenvalue weighted by molar-refractivity contribution is -0.119. The van der Waals surface area contributed by atoms with Crippen molar-refractivity contribution >= 4 is 23.0 Å². The van der Waals surface area contributed by atoms with E-state index in [0.717, 1.165) is 56.1 Å². The molecule has 0 spiro atoms. The van der Waals surface area contributed by atoms with Crippen LogP contribution in [-0.2, 0) is 4.79 Å². The van der Waals surface area contributed by atoms with E-state index >= 15 is 0 Å². The van der Waals surface area contributed by atoms with E-state index in [2.05, 4.69) is 10.2 Å². The van der Waals surface area contributed by atoms with Crippen molar-refractivity contribution in [2.24, 2.45) is 11.8 Å². The number of thiophene rings is 1. The molecule has 0 bridgehead atoms. The van der Waals surface area contributed by atoms with Crippen LogP contribution in [-0.4, -0.2) is 42.3 Å². The number of hydrogen-bond acceptors (Lipinski definition) is 4. The summed E-state index contributed by atoms with van der Waals surface area (Å²) < 4.78 is 0. The number of Topliss-reactive ketones (excluding diaryl/α,β-unsaturated/α-hetero) is 1. The van der Waals surface area contributed by atoms with Crippen LogP contribution >= 0.6 is 11.3 Å². The number of hydrogen-bond donors (Lipinski definition) is 1. The molecule has 1 saturated heterocycles. The molecule has 0 unspecified atom stereocenters. The number of nitrogens with zero attached hydrogens (tertiary/aromatic N) is 1. The average Bonchev–Trinajstić information content (AvgIpc) is 3.15. The Bertz CT molecular complexity index is 556. The van der Waals surface area contributed by atoms with Crippen molar-refractivity contribution in [2.45, 2.75) is 57.9 Å². The van der Waals surface area contributed by atoms with Crippen molar-refractivity contribution in [3.05, 3.63) is 22.4 Å². The molecular formula is C20H30N2O2S. The molecule has 0 radical (unpaired) electrons. The molecule has 1 N–H and O–H groups in total. The third kappa shape index (κ3) is 5.38. The van der Waals surface area contributed by atoms with Crippen LogP contribution in [0.3, 0.4) is 0 Å². The van der Waals surface area contributed by atoms with Crippen molar-refractivity contribution in [2.75, 3.05) is 19.6 Å². The largest absolute Gasteiger partial charge is 0.354 e. The summed E-state index contributed by atoms with van der Waals surface area (Å²) in [4.78, 5) is 27.0. The predicted octanol–water partition coefficient (Wildman–Crippen LogP) is 3.73. The smallest absolute Gasteiger partial charge is 0.217 e. The summed E-state index contributed by atoms with van der Waals surface area (Å²) in [7, 11) is 0. The van der Waals surface area contributed by atoms with Crippen LogP contribution in [0.1, 0.15) is 61.5 Å². The zero-order valence-electron chi connectivity index (χ0n) is 15.2. The van der Waals surface area contributed by atoms with E-state index in [0.29, 0.717) is 11.8 Å². The second-order valence-electron chi connectivity index (χ2n) is 7.66. The van der Waals surface area contributed by atoms with Gasteiger partial charge in [-0.1, -0.05) is 6.07 Å². The molecule has 2 aliphatic rings. The standard InChI is InChI=1S/C20H30N2O2S/c1-15(23)21-18-6-4-16(5-7-18)8-11-22-12-9-17(10-13-22)20(24)19-3-2-14-25-19/h2-3,14,16-18H,4-13H2,1H3,(H,21,23)/t16-,18-. The SMILES string of the molecule is CC(=O)N[C@H]1CC[C@H](CCN2CCC(C(=O)c3cccs3)CC2)CC1. The van der Waals surface area contributed by atoms with Crippen LogP contribution in [0.25, 0.3) is 0 Å². The first kappa shape index (κ1) is 18.6. The molecule has 1 aliphatic carbocycles. The highest BCUT2D eigenvalue weighted by Gasteiger charge is 2.27. The fourth-order valence-corrected chi connectivity index (χ4v) is 5.03. The van der Waals surface area contributed by atoms with E-state index in [4.69, 9.17) is 0 Å². The Kier molecular flexibility index (Phi) is 6.65. The highest BCUT2D eigenvalue weighted by atomic mass is 32.1. The van der Waals surface area contributed by atoms with Crippen LogP contribution in [0.4, 0.5) is 0 Å². The van der Waals surface area contributed by atoms with Gasteiger partial charge in [0.25, 0.3) is 0 Å². The second kappa shape index (κ2) is 8.95. The number of likely N-dealkylation sites (tertiary alicyclic amines) is 1.